The molecule has 0 fully saturated rings. The van der Waals surface area contributed by atoms with Crippen molar-refractivity contribution in [1.29, 1.82) is 0 Å². The highest BCUT2D eigenvalue weighted by atomic mass is 16.1. The van der Waals surface area contributed by atoms with Crippen LogP contribution in [0.2, 0.25) is 0 Å². The molecule has 2 heteroatoms. The third-order valence-electron chi connectivity index (χ3n) is 3.51. The van der Waals surface area contributed by atoms with Gasteiger partial charge >= 0.3 is 0 Å². The Kier molecular flexibility index (Phi) is 5.33. The smallest absolute Gasteiger partial charge is 0.220 e. The number of nitrogens with one attached hydrogen (secondary N) is 1. The molecule has 1 amide bonds. The van der Waals surface area contributed by atoms with Crippen LogP contribution in [-0.2, 0) is 4.79 Å². The summed E-state index contributed by atoms with van der Waals surface area (Å²) < 4.78 is 0. The molecule has 108 valence electrons. The van der Waals surface area contributed by atoms with E-state index in [1.165, 1.54) is 0 Å². The van der Waals surface area contributed by atoms with Gasteiger partial charge < -0.3 is 5.32 Å². The third-order valence-corrected chi connectivity index (χ3v) is 3.51. The molecule has 1 N–H and O–H groups in total. The Balaban J connectivity index is 1.81. The third kappa shape index (κ3) is 4.60. The molecule has 0 saturated heterocycles. The lowest BCUT2D eigenvalue weighted by Gasteiger charge is -2.14. The maximum Gasteiger partial charge on any atom is 0.220 e. The Morgan fingerprint density at radius 1 is 1.00 bits per heavy atom. The summed E-state index contributed by atoms with van der Waals surface area (Å²) in [5, 5.41) is 3.02. The Labute approximate surface area is 126 Å². The Hall–Kier alpha value is -2.35. The van der Waals surface area contributed by atoms with Gasteiger partial charge in [-0.3, -0.25) is 4.79 Å². The highest BCUT2D eigenvalue weighted by Gasteiger charge is 2.09. The first-order valence-corrected chi connectivity index (χ1v) is 7.24. The molecule has 2 aromatic carbocycles. The van der Waals surface area contributed by atoms with Gasteiger partial charge in [0.05, 0.1) is 6.04 Å². The number of hydrogen-bond donors (Lipinski definition) is 1. The topological polar surface area (TPSA) is 29.1 Å². The van der Waals surface area contributed by atoms with Crippen molar-refractivity contribution in [2.75, 3.05) is 0 Å². The molecule has 0 heterocycles. The van der Waals surface area contributed by atoms with Crippen LogP contribution in [0.3, 0.4) is 0 Å². The summed E-state index contributed by atoms with van der Waals surface area (Å²) in [4.78, 5) is 12.0. The van der Waals surface area contributed by atoms with E-state index in [-0.39, 0.29) is 11.9 Å². The lowest BCUT2D eigenvalue weighted by atomic mass is 10.0. The normalized spacial score (nSPS) is 11.7. The van der Waals surface area contributed by atoms with Crippen molar-refractivity contribution in [3.8, 4) is 0 Å². The van der Waals surface area contributed by atoms with E-state index in [9.17, 15) is 4.79 Å². The van der Waals surface area contributed by atoms with Crippen LogP contribution in [-0.4, -0.2) is 5.91 Å². The monoisotopic (exact) mass is 279 g/mol. The number of hydrogen-bond acceptors (Lipinski definition) is 1. The number of benzene rings is 2. The molecular weight excluding hydrogens is 258 g/mol. The molecule has 0 aliphatic carbocycles. The fourth-order valence-corrected chi connectivity index (χ4v) is 2.22. The number of allylic oxidation sites excluding steroid dienone is 1. The number of carbonyl (C=O) groups is 1. The molecule has 0 bridgehead atoms. The largest absolute Gasteiger partial charge is 0.350 e. The second kappa shape index (κ2) is 7.44. The Morgan fingerprint density at radius 3 is 2.19 bits per heavy atom. The molecular formula is C19H21NO. The van der Waals surface area contributed by atoms with Crippen LogP contribution < -0.4 is 5.32 Å². The maximum atomic E-state index is 12.0. The zero-order valence-corrected chi connectivity index (χ0v) is 12.4. The second-order valence-corrected chi connectivity index (χ2v) is 5.17. The number of carbonyl (C=O) groups excluding carboxylic acids is 1. The zero-order valence-electron chi connectivity index (χ0n) is 12.4. The summed E-state index contributed by atoms with van der Waals surface area (Å²) >= 11 is 0. The van der Waals surface area contributed by atoms with Gasteiger partial charge in [-0.15, -0.1) is 0 Å². The summed E-state index contributed by atoms with van der Waals surface area (Å²) in [6.07, 6.45) is 1.14. The number of rotatable bonds is 6. The molecule has 0 unspecified atom stereocenters. The fraction of sp³-hybridized carbons (Fsp3) is 0.211. The predicted molar refractivity (Wildman–Crippen MR) is 87.7 cm³/mol. The molecule has 1 atom stereocenters. The van der Waals surface area contributed by atoms with E-state index in [1.54, 1.807) is 0 Å². The Morgan fingerprint density at radius 2 is 1.57 bits per heavy atom. The van der Waals surface area contributed by atoms with Crippen LogP contribution in [0.4, 0.5) is 0 Å². The molecule has 0 aliphatic rings. The average molecular weight is 279 g/mol. The summed E-state index contributed by atoms with van der Waals surface area (Å²) in [6, 6.07) is 20.0. The molecule has 0 aromatic heterocycles. The van der Waals surface area contributed by atoms with Crippen LogP contribution in [0.25, 0.3) is 5.57 Å². The van der Waals surface area contributed by atoms with E-state index >= 15 is 0 Å². The van der Waals surface area contributed by atoms with Crippen LogP contribution in [0.5, 0.6) is 0 Å². The summed E-state index contributed by atoms with van der Waals surface area (Å²) in [5.41, 5.74) is 3.22. The first kappa shape index (κ1) is 15.0. The first-order chi connectivity index (χ1) is 10.2. The minimum atomic E-state index is 0.0312. The molecule has 0 saturated carbocycles. The lowest BCUT2D eigenvalue weighted by molar-refractivity contribution is -0.121. The predicted octanol–water partition coefficient (Wildman–Crippen LogP) is 4.36. The number of amides is 1. The summed E-state index contributed by atoms with van der Waals surface area (Å²) in [5.74, 6) is 0.0587. The maximum absolute atomic E-state index is 12.0. The van der Waals surface area contributed by atoms with Crippen LogP contribution in [0, 0.1) is 0 Å². The van der Waals surface area contributed by atoms with Gasteiger partial charge in [-0.2, -0.15) is 0 Å². The molecule has 2 nitrogen and oxygen atoms in total. The van der Waals surface area contributed by atoms with Gasteiger partial charge in [-0.25, -0.2) is 0 Å². The van der Waals surface area contributed by atoms with E-state index in [4.69, 9.17) is 0 Å². The molecule has 2 rings (SSSR count). The summed E-state index contributed by atoms with van der Waals surface area (Å²) in [6.45, 7) is 6.05. The van der Waals surface area contributed by atoms with Crippen molar-refractivity contribution < 1.29 is 4.79 Å². The van der Waals surface area contributed by atoms with E-state index in [0.29, 0.717) is 12.8 Å². The van der Waals surface area contributed by atoms with Crippen molar-refractivity contribution in [2.24, 2.45) is 0 Å². The van der Waals surface area contributed by atoms with E-state index < -0.39 is 0 Å². The van der Waals surface area contributed by atoms with Gasteiger partial charge in [0.1, 0.15) is 0 Å². The molecule has 0 radical (unpaired) electrons. The molecule has 0 spiro atoms. The fourth-order valence-electron chi connectivity index (χ4n) is 2.22. The van der Waals surface area contributed by atoms with Gasteiger partial charge in [0.15, 0.2) is 0 Å². The van der Waals surface area contributed by atoms with Crippen LogP contribution in [0.15, 0.2) is 67.2 Å². The van der Waals surface area contributed by atoms with Crippen molar-refractivity contribution in [3.63, 3.8) is 0 Å². The average Bonchev–Trinajstić information content (AvgIpc) is 2.54. The van der Waals surface area contributed by atoms with Crippen LogP contribution >= 0.6 is 0 Å². The molecule has 0 aliphatic heterocycles. The van der Waals surface area contributed by atoms with Crippen LogP contribution in [0.1, 0.15) is 36.9 Å². The highest BCUT2D eigenvalue weighted by Crippen LogP contribution is 2.18. The van der Waals surface area contributed by atoms with E-state index in [2.05, 4.69) is 11.9 Å². The van der Waals surface area contributed by atoms with Gasteiger partial charge in [-0.05, 0) is 30.0 Å². The standard InChI is InChI=1S/C19H21NO/c1-15(17-9-5-3-6-10-17)13-14-19(21)20-16(2)18-11-7-4-8-12-18/h3-12,16H,1,13-14H2,2H3,(H,20,21)/t16-/m1/s1. The highest BCUT2D eigenvalue weighted by molar-refractivity contribution is 5.79. The quantitative estimate of drug-likeness (QED) is 0.836. The first-order valence-electron chi connectivity index (χ1n) is 7.24. The van der Waals surface area contributed by atoms with Gasteiger partial charge in [0.2, 0.25) is 5.91 Å². The van der Waals surface area contributed by atoms with Gasteiger partial charge in [-0.1, -0.05) is 67.2 Å². The Bertz CT molecular complexity index is 589. The van der Waals surface area contributed by atoms with Crippen molar-refractivity contribution >= 4 is 11.5 Å². The van der Waals surface area contributed by atoms with Crippen molar-refractivity contribution in [3.05, 3.63) is 78.4 Å². The second-order valence-electron chi connectivity index (χ2n) is 5.17. The van der Waals surface area contributed by atoms with E-state index in [0.717, 1.165) is 16.7 Å². The van der Waals surface area contributed by atoms with E-state index in [1.807, 2.05) is 67.6 Å². The van der Waals surface area contributed by atoms with Crippen molar-refractivity contribution in [1.82, 2.24) is 5.32 Å². The molecule has 2 aromatic rings. The summed E-state index contributed by atoms with van der Waals surface area (Å²) in [7, 11) is 0. The van der Waals surface area contributed by atoms with Gasteiger partial charge in [0.25, 0.3) is 0 Å². The SMILES string of the molecule is C=C(CCC(=O)N[C@H](C)c1ccccc1)c1ccccc1. The lowest BCUT2D eigenvalue weighted by Crippen LogP contribution is -2.26. The zero-order chi connectivity index (χ0) is 15.1. The minimum absolute atomic E-state index is 0.0312. The molecule has 21 heavy (non-hydrogen) atoms. The van der Waals surface area contributed by atoms with Crippen molar-refractivity contribution in [2.45, 2.75) is 25.8 Å². The van der Waals surface area contributed by atoms with Gasteiger partial charge in [0, 0.05) is 6.42 Å². The minimum Gasteiger partial charge on any atom is -0.350 e.